The van der Waals surface area contributed by atoms with Gasteiger partial charge in [-0.25, -0.2) is 4.98 Å². The maximum Gasteiger partial charge on any atom is 0.417 e. The number of hydrogen-bond donors (Lipinski definition) is 2. The summed E-state index contributed by atoms with van der Waals surface area (Å²) in [6.45, 7) is 0.418. The highest BCUT2D eigenvalue weighted by Gasteiger charge is 2.34. The van der Waals surface area contributed by atoms with E-state index in [0.717, 1.165) is 6.07 Å². The van der Waals surface area contributed by atoms with Crippen molar-refractivity contribution in [3.05, 3.63) is 35.7 Å². The Morgan fingerprint density at radius 1 is 1.28 bits per heavy atom. The second-order valence-corrected chi connectivity index (χ2v) is 3.68. The molecule has 0 aliphatic rings. The van der Waals surface area contributed by atoms with Gasteiger partial charge in [-0.3, -0.25) is 5.10 Å². The van der Waals surface area contributed by atoms with Crippen molar-refractivity contribution in [2.45, 2.75) is 12.7 Å². The number of aromatic nitrogens is 3. The maximum absolute atomic E-state index is 12.8. The summed E-state index contributed by atoms with van der Waals surface area (Å²) in [7, 11) is 1.71. The maximum atomic E-state index is 12.8. The van der Waals surface area contributed by atoms with Gasteiger partial charge in [0.1, 0.15) is 5.82 Å². The van der Waals surface area contributed by atoms with Crippen molar-refractivity contribution in [2.75, 3.05) is 7.05 Å². The Labute approximate surface area is 101 Å². The third kappa shape index (κ3) is 2.51. The van der Waals surface area contributed by atoms with E-state index in [-0.39, 0.29) is 11.4 Å². The van der Waals surface area contributed by atoms with E-state index >= 15 is 0 Å². The molecule has 0 fully saturated rings. The van der Waals surface area contributed by atoms with Crippen LogP contribution in [0, 0.1) is 0 Å². The standard InChI is InChI=1S/C11H11F3N4/c1-15-6-9-16-10(18-17-9)7-4-2-3-5-8(7)11(12,13)14/h2-5,15H,6H2,1H3,(H,16,17,18). The molecule has 0 aliphatic carbocycles. The Bertz CT molecular complexity index is 533. The molecule has 2 aromatic rings. The Morgan fingerprint density at radius 3 is 2.67 bits per heavy atom. The lowest BCUT2D eigenvalue weighted by molar-refractivity contribution is -0.137. The summed E-state index contributed by atoms with van der Waals surface area (Å²) < 4.78 is 38.4. The van der Waals surface area contributed by atoms with Crippen molar-refractivity contribution >= 4 is 0 Å². The Morgan fingerprint density at radius 2 is 2.00 bits per heavy atom. The zero-order valence-electron chi connectivity index (χ0n) is 9.54. The molecule has 0 aliphatic heterocycles. The van der Waals surface area contributed by atoms with Gasteiger partial charge in [-0.15, -0.1) is 0 Å². The topological polar surface area (TPSA) is 53.6 Å². The summed E-state index contributed by atoms with van der Waals surface area (Å²) in [5.41, 5.74) is -0.761. The van der Waals surface area contributed by atoms with E-state index in [9.17, 15) is 13.2 Å². The SMILES string of the molecule is CNCc1nc(-c2ccccc2C(F)(F)F)n[nH]1. The molecule has 0 amide bonds. The number of halogens is 3. The third-order valence-electron chi connectivity index (χ3n) is 2.35. The summed E-state index contributed by atoms with van der Waals surface area (Å²) in [5.74, 6) is 0.539. The highest BCUT2D eigenvalue weighted by molar-refractivity contribution is 5.60. The van der Waals surface area contributed by atoms with Crippen LogP contribution in [0.3, 0.4) is 0 Å². The molecule has 7 heteroatoms. The van der Waals surface area contributed by atoms with Crippen molar-refractivity contribution in [3.8, 4) is 11.4 Å². The number of aromatic amines is 1. The molecule has 18 heavy (non-hydrogen) atoms. The van der Waals surface area contributed by atoms with Gasteiger partial charge < -0.3 is 5.32 Å². The average molecular weight is 256 g/mol. The molecule has 0 unspecified atom stereocenters. The molecule has 0 saturated heterocycles. The molecule has 1 aromatic carbocycles. The highest BCUT2D eigenvalue weighted by Crippen LogP contribution is 2.35. The lowest BCUT2D eigenvalue weighted by Crippen LogP contribution is -2.08. The molecule has 1 aromatic heterocycles. The largest absolute Gasteiger partial charge is 0.417 e. The normalized spacial score (nSPS) is 11.8. The van der Waals surface area contributed by atoms with Crippen LogP contribution in [-0.2, 0) is 12.7 Å². The van der Waals surface area contributed by atoms with E-state index in [1.807, 2.05) is 0 Å². The first kappa shape index (κ1) is 12.6. The van der Waals surface area contributed by atoms with Gasteiger partial charge in [0, 0.05) is 5.56 Å². The Balaban J connectivity index is 2.43. The molecule has 4 nitrogen and oxygen atoms in total. The lowest BCUT2D eigenvalue weighted by Gasteiger charge is -2.09. The zero-order valence-corrected chi connectivity index (χ0v) is 9.54. The average Bonchev–Trinajstić information content (AvgIpc) is 2.77. The first-order valence-electron chi connectivity index (χ1n) is 5.25. The van der Waals surface area contributed by atoms with Crippen molar-refractivity contribution in [1.29, 1.82) is 0 Å². The van der Waals surface area contributed by atoms with Gasteiger partial charge in [0.15, 0.2) is 5.82 Å². The lowest BCUT2D eigenvalue weighted by atomic mass is 10.1. The fraction of sp³-hybridized carbons (Fsp3) is 0.273. The van der Waals surface area contributed by atoms with Crippen LogP contribution < -0.4 is 5.32 Å². The number of benzene rings is 1. The minimum absolute atomic E-state index is 0.0244. The Hall–Kier alpha value is -1.89. The molecule has 0 bridgehead atoms. The first-order chi connectivity index (χ1) is 8.52. The van der Waals surface area contributed by atoms with Crippen molar-refractivity contribution in [3.63, 3.8) is 0 Å². The van der Waals surface area contributed by atoms with Gasteiger partial charge in [0.25, 0.3) is 0 Å². The summed E-state index contributed by atoms with van der Waals surface area (Å²) >= 11 is 0. The molecule has 2 rings (SSSR count). The van der Waals surface area contributed by atoms with Gasteiger partial charge in [0.05, 0.1) is 12.1 Å². The van der Waals surface area contributed by atoms with Crippen LogP contribution >= 0.6 is 0 Å². The molecular formula is C11H11F3N4. The predicted molar refractivity (Wildman–Crippen MR) is 59.6 cm³/mol. The van der Waals surface area contributed by atoms with Crippen molar-refractivity contribution in [1.82, 2.24) is 20.5 Å². The molecule has 0 saturated carbocycles. The smallest absolute Gasteiger partial charge is 0.313 e. The van der Waals surface area contributed by atoms with Crippen LogP contribution in [0.5, 0.6) is 0 Å². The first-order valence-corrected chi connectivity index (χ1v) is 5.25. The van der Waals surface area contributed by atoms with Gasteiger partial charge >= 0.3 is 6.18 Å². The van der Waals surface area contributed by atoms with Crippen LogP contribution in [0.25, 0.3) is 11.4 Å². The van der Waals surface area contributed by atoms with Gasteiger partial charge in [-0.05, 0) is 13.1 Å². The highest BCUT2D eigenvalue weighted by atomic mass is 19.4. The number of H-pyrrole nitrogens is 1. The number of hydrogen-bond acceptors (Lipinski definition) is 3. The second kappa shape index (κ2) is 4.77. The third-order valence-corrected chi connectivity index (χ3v) is 2.35. The Kier molecular flexibility index (Phi) is 3.33. The molecule has 0 atom stereocenters. The second-order valence-electron chi connectivity index (χ2n) is 3.68. The van der Waals surface area contributed by atoms with Crippen LogP contribution in [0.2, 0.25) is 0 Å². The summed E-state index contributed by atoms with van der Waals surface area (Å²) in [6.07, 6.45) is -4.42. The summed E-state index contributed by atoms with van der Waals surface area (Å²) in [5, 5.41) is 9.23. The molecule has 0 spiro atoms. The molecule has 2 N–H and O–H groups in total. The monoisotopic (exact) mass is 256 g/mol. The summed E-state index contributed by atoms with van der Waals surface area (Å²) in [6, 6.07) is 5.24. The molecule has 96 valence electrons. The zero-order chi connectivity index (χ0) is 13.2. The van der Waals surface area contributed by atoms with Crippen LogP contribution in [0.4, 0.5) is 13.2 Å². The van der Waals surface area contributed by atoms with E-state index in [4.69, 9.17) is 0 Å². The van der Waals surface area contributed by atoms with E-state index in [1.54, 1.807) is 7.05 Å². The molecular weight excluding hydrogens is 245 g/mol. The van der Waals surface area contributed by atoms with E-state index in [1.165, 1.54) is 18.2 Å². The number of nitrogens with one attached hydrogen (secondary N) is 2. The fourth-order valence-electron chi connectivity index (χ4n) is 1.59. The fourth-order valence-corrected chi connectivity index (χ4v) is 1.59. The van der Waals surface area contributed by atoms with Crippen molar-refractivity contribution in [2.24, 2.45) is 0 Å². The quantitative estimate of drug-likeness (QED) is 0.885. The van der Waals surface area contributed by atoms with Crippen LogP contribution in [0.1, 0.15) is 11.4 Å². The van der Waals surface area contributed by atoms with Crippen molar-refractivity contribution < 1.29 is 13.2 Å². The minimum Gasteiger partial charge on any atom is -0.313 e. The van der Waals surface area contributed by atoms with Gasteiger partial charge in [-0.2, -0.15) is 18.3 Å². The number of alkyl halides is 3. The molecule has 0 radical (unpaired) electrons. The van der Waals surface area contributed by atoms with Gasteiger partial charge in [0.2, 0.25) is 0 Å². The summed E-state index contributed by atoms with van der Waals surface area (Å²) in [4.78, 5) is 4.02. The van der Waals surface area contributed by atoms with E-state index in [2.05, 4.69) is 20.5 Å². The van der Waals surface area contributed by atoms with E-state index < -0.39 is 11.7 Å². The predicted octanol–water partition coefficient (Wildman–Crippen LogP) is 2.21. The van der Waals surface area contributed by atoms with Crippen LogP contribution in [0.15, 0.2) is 24.3 Å². The number of rotatable bonds is 3. The van der Waals surface area contributed by atoms with Crippen LogP contribution in [-0.4, -0.2) is 22.2 Å². The van der Waals surface area contributed by atoms with E-state index in [0.29, 0.717) is 12.4 Å². The molecule has 1 heterocycles. The van der Waals surface area contributed by atoms with Gasteiger partial charge in [-0.1, -0.05) is 18.2 Å². The minimum atomic E-state index is -4.42. The number of nitrogens with zero attached hydrogens (tertiary/aromatic N) is 2.